The van der Waals surface area contributed by atoms with Crippen molar-refractivity contribution in [2.24, 2.45) is 5.92 Å². The first-order valence-corrected chi connectivity index (χ1v) is 21.9. The van der Waals surface area contributed by atoms with E-state index in [9.17, 15) is 13.0 Å². The predicted octanol–water partition coefficient (Wildman–Crippen LogP) is 11.5. The normalized spacial score (nSPS) is 17.8. The lowest BCUT2D eigenvalue weighted by molar-refractivity contribution is -0.668. The van der Waals surface area contributed by atoms with Crippen molar-refractivity contribution in [2.75, 3.05) is 11.4 Å². The van der Waals surface area contributed by atoms with E-state index in [0.717, 1.165) is 59.0 Å². The molecule has 5 nitrogen and oxygen atoms in total. The highest BCUT2D eigenvalue weighted by Gasteiger charge is 2.26. The molecule has 7 rings (SSSR count). The fraction of sp³-hybridized carbons (Fsp3) is 0.214. The van der Waals surface area contributed by atoms with Gasteiger partial charge in [-0.3, -0.25) is 4.55 Å². The lowest BCUT2D eigenvalue weighted by Crippen LogP contribution is -2.36. The fourth-order valence-electron chi connectivity index (χ4n) is 6.77. The third-order valence-corrected chi connectivity index (χ3v) is 13.5. The summed E-state index contributed by atoms with van der Waals surface area (Å²) in [5.41, 5.74) is 8.68. The molecule has 52 heavy (non-hydrogen) atoms. The zero-order valence-corrected chi connectivity index (χ0v) is 34.5. The van der Waals surface area contributed by atoms with Gasteiger partial charge in [0.15, 0.2) is 6.54 Å². The highest BCUT2D eigenvalue weighted by Crippen LogP contribution is 2.48. The molecule has 0 radical (unpaired) electrons. The summed E-state index contributed by atoms with van der Waals surface area (Å²) < 4.78 is 38.3. The highest BCUT2D eigenvalue weighted by atomic mass is 79.9. The first-order chi connectivity index (χ1) is 25.0. The Bertz CT molecular complexity index is 2360. The molecule has 10 heteroatoms. The van der Waals surface area contributed by atoms with Crippen molar-refractivity contribution in [3.8, 4) is 0 Å². The van der Waals surface area contributed by atoms with Gasteiger partial charge in [-0.15, -0.1) is 0 Å². The second kappa shape index (κ2) is 16.0. The first-order valence-electron chi connectivity index (χ1n) is 17.3. The van der Waals surface area contributed by atoms with Crippen LogP contribution in [0.3, 0.4) is 0 Å². The van der Waals surface area contributed by atoms with Crippen LogP contribution in [0.2, 0.25) is 0 Å². The van der Waals surface area contributed by atoms with Crippen molar-refractivity contribution >= 4 is 87.1 Å². The summed E-state index contributed by atoms with van der Waals surface area (Å²) in [4.78, 5) is 3.49. The van der Waals surface area contributed by atoms with Gasteiger partial charge in [0, 0.05) is 38.9 Å². The van der Waals surface area contributed by atoms with Crippen LogP contribution < -0.4 is 9.47 Å². The van der Waals surface area contributed by atoms with Crippen LogP contribution in [-0.2, 0) is 29.5 Å². The maximum atomic E-state index is 11.5. The minimum atomic E-state index is -4.22. The van der Waals surface area contributed by atoms with Gasteiger partial charge in [0.1, 0.15) is 4.70 Å². The molecule has 2 aliphatic rings. The molecule has 0 saturated carbocycles. The van der Waals surface area contributed by atoms with Crippen molar-refractivity contribution in [1.29, 1.82) is 0 Å². The lowest BCUT2D eigenvalue weighted by atomic mass is 9.87. The molecule has 5 aromatic rings. The van der Waals surface area contributed by atoms with E-state index in [1.165, 1.54) is 59.6 Å². The van der Waals surface area contributed by atoms with Crippen LogP contribution in [-0.4, -0.2) is 19.5 Å². The average molecular weight is 876 g/mol. The molecule has 0 spiro atoms. The smallest absolute Gasteiger partial charge is 0.294 e. The van der Waals surface area contributed by atoms with Crippen molar-refractivity contribution < 1.29 is 17.5 Å². The van der Waals surface area contributed by atoms with Crippen LogP contribution in [0.1, 0.15) is 41.5 Å². The number of fused-ring (bicyclic) bond motifs is 2. The van der Waals surface area contributed by atoms with E-state index in [1.54, 1.807) is 23.9 Å². The minimum absolute atomic E-state index is 0.0886. The monoisotopic (exact) mass is 873 g/mol. The fourth-order valence-corrected chi connectivity index (χ4v) is 10.2. The van der Waals surface area contributed by atoms with E-state index in [0.29, 0.717) is 5.92 Å². The van der Waals surface area contributed by atoms with E-state index < -0.39 is 10.1 Å². The van der Waals surface area contributed by atoms with Crippen LogP contribution >= 0.6 is 55.0 Å². The van der Waals surface area contributed by atoms with Crippen molar-refractivity contribution in [3.05, 3.63) is 156 Å². The highest BCUT2D eigenvalue weighted by molar-refractivity contribution is 9.10. The summed E-state index contributed by atoms with van der Waals surface area (Å²) in [5.74, 6) is 0.523. The molecule has 266 valence electrons. The van der Waals surface area contributed by atoms with Gasteiger partial charge in [0.25, 0.3) is 15.1 Å². The first kappa shape index (κ1) is 37.1. The maximum absolute atomic E-state index is 11.5. The zero-order chi connectivity index (χ0) is 36.4. The number of halogens is 2. The molecule has 1 atom stereocenters. The molecule has 1 N–H and O–H groups in total. The quantitative estimate of drug-likeness (QED) is 0.112. The number of thiazole rings is 1. The Hall–Kier alpha value is -3.25. The Balaban J connectivity index is 1.13. The molecule has 1 aliphatic heterocycles. The molecule has 1 unspecified atom stereocenters. The molecular weight excluding hydrogens is 836 g/mol. The third-order valence-electron chi connectivity index (χ3n) is 9.37. The average Bonchev–Trinajstić information content (AvgIpc) is 3.62. The molecule has 0 bridgehead atoms. The van der Waals surface area contributed by atoms with Crippen LogP contribution in [0.15, 0.2) is 144 Å². The molecule has 4 aromatic carbocycles. The lowest BCUT2D eigenvalue weighted by Gasteiger charge is -2.23. The van der Waals surface area contributed by atoms with Gasteiger partial charge < -0.3 is 4.90 Å². The van der Waals surface area contributed by atoms with Gasteiger partial charge in [0.2, 0.25) is 5.52 Å². The molecule has 2 heterocycles. The van der Waals surface area contributed by atoms with Gasteiger partial charge in [-0.1, -0.05) is 122 Å². The standard InChI is InChI=1S/C42H38Br2N2O3S3/c1-28-6-8-30(9-7-28)18-20-45-37-26-34(43)12-16-39(37)50-41(45)5-3-4-32-22-29(2)23-33(24-32)25-42-46(38-27-35(44)13-17-40(38)51-42)21-19-31-10-14-36(15-11-31)52(47,48)49/h3-17,24-27,29H,18-23H2,1-2H3/p+1. The van der Waals surface area contributed by atoms with Gasteiger partial charge in [-0.05, 0) is 103 Å². The molecule has 0 saturated heterocycles. The van der Waals surface area contributed by atoms with E-state index in [-0.39, 0.29) is 4.90 Å². The number of aryl methyl sites for hydroxylation is 3. The van der Waals surface area contributed by atoms with Gasteiger partial charge in [-0.25, -0.2) is 0 Å². The summed E-state index contributed by atoms with van der Waals surface area (Å²) >= 11 is 11.0. The SMILES string of the molecule is Cc1ccc(CC[n+]2c(C=CC=C3C=C(C=C4Sc5ccc(Br)cc5N4CCc4ccc(S(=O)(=O)O)cc4)CC(C)C3)sc3ccc(Br)cc32)cc1. The zero-order valence-electron chi connectivity index (χ0n) is 28.9. The van der Waals surface area contributed by atoms with Crippen molar-refractivity contribution in [1.82, 2.24) is 0 Å². The van der Waals surface area contributed by atoms with Crippen LogP contribution in [0, 0.1) is 12.8 Å². The van der Waals surface area contributed by atoms with Crippen LogP contribution in [0.4, 0.5) is 5.69 Å². The van der Waals surface area contributed by atoms with E-state index in [2.05, 4.69) is 146 Å². The summed E-state index contributed by atoms with van der Waals surface area (Å²) in [7, 11) is -4.22. The Labute approximate surface area is 331 Å². The molecule has 1 aromatic heterocycles. The largest absolute Gasteiger partial charge is 0.335 e. The number of nitrogens with zero attached hydrogens (tertiary/aromatic N) is 2. The Kier molecular flexibility index (Phi) is 11.4. The van der Waals surface area contributed by atoms with Crippen LogP contribution in [0.25, 0.3) is 16.3 Å². The van der Waals surface area contributed by atoms with Crippen LogP contribution in [0.5, 0.6) is 0 Å². The van der Waals surface area contributed by atoms with Gasteiger partial charge in [-0.2, -0.15) is 13.0 Å². The number of rotatable bonds is 10. The summed E-state index contributed by atoms with van der Waals surface area (Å²) in [5, 5.41) is 2.42. The molecule has 1 aliphatic carbocycles. The number of thioether (sulfide) groups is 1. The van der Waals surface area contributed by atoms with E-state index in [1.807, 2.05) is 11.3 Å². The Morgan fingerprint density at radius 1 is 0.923 bits per heavy atom. The second-order valence-electron chi connectivity index (χ2n) is 13.5. The summed E-state index contributed by atoms with van der Waals surface area (Å²) in [6.07, 6.45) is 15.2. The van der Waals surface area contributed by atoms with Gasteiger partial charge >= 0.3 is 0 Å². The minimum Gasteiger partial charge on any atom is -0.335 e. The molecule has 0 amide bonds. The van der Waals surface area contributed by atoms with Crippen molar-refractivity contribution in [3.63, 3.8) is 0 Å². The molecule has 0 fully saturated rings. The number of anilines is 1. The number of hydrogen-bond acceptors (Lipinski definition) is 5. The number of allylic oxidation sites excluding steroid dienone is 6. The van der Waals surface area contributed by atoms with Crippen molar-refractivity contribution in [2.45, 2.75) is 55.9 Å². The Morgan fingerprint density at radius 3 is 2.40 bits per heavy atom. The predicted molar refractivity (Wildman–Crippen MR) is 224 cm³/mol. The maximum Gasteiger partial charge on any atom is 0.294 e. The Morgan fingerprint density at radius 2 is 1.63 bits per heavy atom. The summed E-state index contributed by atoms with van der Waals surface area (Å²) in [6.45, 7) is 6.10. The van der Waals surface area contributed by atoms with Gasteiger partial charge in [0.05, 0.1) is 15.6 Å². The van der Waals surface area contributed by atoms with E-state index >= 15 is 0 Å². The number of hydrogen-bond donors (Lipinski definition) is 1. The molecular formula is C42H39Br2N2O3S3+. The van der Waals surface area contributed by atoms with E-state index in [4.69, 9.17) is 0 Å². The third kappa shape index (κ3) is 8.92. The second-order valence-corrected chi connectivity index (χ2v) is 18.9. The topological polar surface area (TPSA) is 61.5 Å². The number of benzene rings is 4. The number of aromatic nitrogens is 1. The summed E-state index contributed by atoms with van der Waals surface area (Å²) in [6, 6.07) is 28.3.